The summed E-state index contributed by atoms with van der Waals surface area (Å²) in [6, 6.07) is 14.7. The second-order valence-corrected chi connectivity index (χ2v) is 8.47. The van der Waals surface area contributed by atoms with Crippen molar-refractivity contribution in [1.82, 2.24) is 14.9 Å². The summed E-state index contributed by atoms with van der Waals surface area (Å²) in [6.45, 7) is 1.51. The number of hydrogen-bond donors (Lipinski definition) is 1. The van der Waals surface area contributed by atoms with Crippen molar-refractivity contribution in [2.45, 2.75) is 37.2 Å². The lowest BCUT2D eigenvalue weighted by atomic mass is 10.2. The van der Waals surface area contributed by atoms with Crippen LogP contribution in [-0.2, 0) is 22.6 Å². The van der Waals surface area contributed by atoms with Crippen molar-refractivity contribution in [2.75, 3.05) is 12.4 Å². The van der Waals surface area contributed by atoms with Gasteiger partial charge in [0.15, 0.2) is 5.16 Å². The number of carbonyl (C=O) groups is 1. The smallest absolute Gasteiger partial charge is 0.262 e. The molecule has 0 radical (unpaired) electrons. The Labute approximate surface area is 183 Å². The Balaban J connectivity index is 1.50. The maximum Gasteiger partial charge on any atom is 0.262 e. The van der Waals surface area contributed by atoms with Crippen LogP contribution < -0.4 is 10.9 Å². The van der Waals surface area contributed by atoms with Crippen molar-refractivity contribution in [1.29, 1.82) is 0 Å². The third-order valence-corrected chi connectivity index (χ3v) is 6.35. The molecule has 1 N–H and O–H groups in total. The minimum atomic E-state index is -0.147. The number of nitrogens with one attached hydrogen (secondary N) is 1. The van der Waals surface area contributed by atoms with Crippen LogP contribution in [0, 0.1) is 0 Å². The van der Waals surface area contributed by atoms with E-state index in [1.807, 2.05) is 36.4 Å². The van der Waals surface area contributed by atoms with E-state index in [0.717, 1.165) is 18.4 Å². The Morgan fingerprint density at radius 1 is 1.23 bits per heavy atom. The van der Waals surface area contributed by atoms with Crippen LogP contribution in [0.5, 0.6) is 0 Å². The second kappa shape index (κ2) is 9.64. The zero-order valence-electron chi connectivity index (χ0n) is 16.3. The van der Waals surface area contributed by atoms with Crippen molar-refractivity contribution in [3.63, 3.8) is 0 Å². The minimum absolute atomic E-state index is 0.000869. The highest BCUT2D eigenvalue weighted by Crippen LogP contribution is 2.21. The third-order valence-electron chi connectivity index (χ3n) is 5.00. The highest BCUT2D eigenvalue weighted by molar-refractivity contribution is 7.99. The fourth-order valence-corrected chi connectivity index (χ4v) is 4.47. The Hall–Kier alpha value is -2.35. The second-order valence-electron chi connectivity index (χ2n) is 7.12. The van der Waals surface area contributed by atoms with Gasteiger partial charge in [0.05, 0.1) is 29.3 Å². The van der Waals surface area contributed by atoms with E-state index in [9.17, 15) is 9.59 Å². The molecule has 1 aromatic heterocycles. The first kappa shape index (κ1) is 20.9. The lowest BCUT2D eigenvalue weighted by Crippen LogP contribution is -2.30. The molecular formula is C22H22ClN3O3S. The SMILES string of the molecule is O=C(CSc1nc2ccccc2c(=O)n1CC1CCCO1)NCc1ccccc1Cl. The number of amides is 1. The van der Waals surface area contributed by atoms with Gasteiger partial charge < -0.3 is 10.1 Å². The molecule has 2 heterocycles. The van der Waals surface area contributed by atoms with Crippen molar-refractivity contribution in [3.05, 3.63) is 69.5 Å². The van der Waals surface area contributed by atoms with Crippen LogP contribution in [0.2, 0.25) is 5.02 Å². The van der Waals surface area contributed by atoms with Gasteiger partial charge in [0.1, 0.15) is 0 Å². The van der Waals surface area contributed by atoms with Gasteiger partial charge in [0, 0.05) is 18.2 Å². The fourth-order valence-electron chi connectivity index (χ4n) is 3.43. The Morgan fingerprint density at radius 2 is 2.03 bits per heavy atom. The number of para-hydroxylation sites is 1. The Bertz CT molecular complexity index is 1110. The molecule has 1 unspecified atom stereocenters. The number of thioether (sulfide) groups is 1. The van der Waals surface area contributed by atoms with Gasteiger partial charge in [0.25, 0.3) is 5.56 Å². The molecule has 4 rings (SSSR count). The van der Waals surface area contributed by atoms with Crippen LogP contribution >= 0.6 is 23.4 Å². The summed E-state index contributed by atoms with van der Waals surface area (Å²) < 4.78 is 7.36. The van der Waals surface area contributed by atoms with Crippen molar-refractivity contribution < 1.29 is 9.53 Å². The number of aromatic nitrogens is 2. The highest BCUT2D eigenvalue weighted by atomic mass is 35.5. The van der Waals surface area contributed by atoms with Crippen LogP contribution in [0.1, 0.15) is 18.4 Å². The molecule has 156 valence electrons. The normalized spacial score (nSPS) is 16.1. The predicted molar refractivity (Wildman–Crippen MR) is 119 cm³/mol. The van der Waals surface area contributed by atoms with E-state index in [-0.39, 0.29) is 23.3 Å². The van der Waals surface area contributed by atoms with Crippen molar-refractivity contribution >= 4 is 40.2 Å². The van der Waals surface area contributed by atoms with E-state index >= 15 is 0 Å². The molecule has 30 heavy (non-hydrogen) atoms. The number of nitrogens with zero attached hydrogens (tertiary/aromatic N) is 2. The van der Waals surface area contributed by atoms with Gasteiger partial charge >= 0.3 is 0 Å². The number of ether oxygens (including phenoxy) is 1. The van der Waals surface area contributed by atoms with Gasteiger partial charge in [0.2, 0.25) is 5.91 Å². The molecule has 1 aliphatic rings. The number of hydrogen-bond acceptors (Lipinski definition) is 5. The summed E-state index contributed by atoms with van der Waals surface area (Å²) in [5, 5.41) is 4.59. The van der Waals surface area contributed by atoms with E-state index in [0.29, 0.717) is 40.8 Å². The molecule has 0 spiro atoms. The Kier molecular flexibility index (Phi) is 6.72. The maximum atomic E-state index is 13.1. The largest absolute Gasteiger partial charge is 0.376 e. The standard InChI is InChI=1S/C22H22ClN3O3S/c23-18-9-3-1-6-15(18)12-24-20(27)14-30-22-25-19-10-4-2-8-17(19)21(28)26(22)13-16-7-5-11-29-16/h1-4,6,8-10,16H,5,7,11-14H2,(H,24,27). The van der Waals surface area contributed by atoms with Crippen LogP contribution in [0.4, 0.5) is 0 Å². The molecule has 0 aliphatic carbocycles. The summed E-state index contributed by atoms with van der Waals surface area (Å²) in [5.74, 6) is 0.00630. The highest BCUT2D eigenvalue weighted by Gasteiger charge is 2.20. The van der Waals surface area contributed by atoms with Gasteiger partial charge in [-0.15, -0.1) is 0 Å². The lowest BCUT2D eigenvalue weighted by Gasteiger charge is -2.16. The topological polar surface area (TPSA) is 73.2 Å². The van der Waals surface area contributed by atoms with E-state index < -0.39 is 0 Å². The first-order chi connectivity index (χ1) is 14.6. The Morgan fingerprint density at radius 3 is 2.83 bits per heavy atom. The average Bonchev–Trinajstić information content (AvgIpc) is 3.27. The lowest BCUT2D eigenvalue weighted by molar-refractivity contribution is -0.118. The van der Waals surface area contributed by atoms with Crippen LogP contribution in [0.25, 0.3) is 10.9 Å². The van der Waals surface area contributed by atoms with E-state index in [2.05, 4.69) is 10.3 Å². The first-order valence-corrected chi connectivity index (χ1v) is 11.2. The van der Waals surface area contributed by atoms with Gasteiger partial charge in [-0.3, -0.25) is 14.2 Å². The summed E-state index contributed by atoms with van der Waals surface area (Å²) in [7, 11) is 0. The quantitative estimate of drug-likeness (QED) is 0.446. The number of halogens is 1. The van der Waals surface area contributed by atoms with E-state index in [1.165, 1.54) is 11.8 Å². The molecule has 1 aliphatic heterocycles. The van der Waals surface area contributed by atoms with Gasteiger partial charge in [-0.05, 0) is 36.6 Å². The summed E-state index contributed by atoms with van der Waals surface area (Å²) in [4.78, 5) is 30.1. The molecule has 0 bridgehead atoms. The molecule has 6 nitrogen and oxygen atoms in total. The van der Waals surface area contributed by atoms with Crippen LogP contribution in [0.3, 0.4) is 0 Å². The van der Waals surface area contributed by atoms with Crippen LogP contribution in [-0.4, -0.2) is 33.9 Å². The first-order valence-electron chi connectivity index (χ1n) is 9.86. The van der Waals surface area contributed by atoms with E-state index in [1.54, 1.807) is 16.7 Å². The van der Waals surface area contributed by atoms with Gasteiger partial charge in [-0.1, -0.05) is 53.7 Å². The third kappa shape index (κ3) is 4.86. The molecule has 3 aromatic rings. The average molecular weight is 444 g/mol. The van der Waals surface area contributed by atoms with Crippen LogP contribution in [0.15, 0.2) is 58.5 Å². The zero-order chi connectivity index (χ0) is 20.9. The monoisotopic (exact) mass is 443 g/mol. The molecule has 2 aromatic carbocycles. The van der Waals surface area contributed by atoms with Gasteiger partial charge in [-0.2, -0.15) is 0 Å². The molecule has 1 amide bonds. The maximum absolute atomic E-state index is 13.1. The molecular weight excluding hydrogens is 422 g/mol. The summed E-state index contributed by atoms with van der Waals surface area (Å²) in [6.07, 6.45) is 1.91. The summed E-state index contributed by atoms with van der Waals surface area (Å²) >= 11 is 7.40. The molecule has 0 saturated carbocycles. The number of benzene rings is 2. The fraction of sp³-hybridized carbons (Fsp3) is 0.318. The predicted octanol–water partition coefficient (Wildman–Crippen LogP) is 3.64. The summed E-state index contributed by atoms with van der Waals surface area (Å²) in [5.41, 5.74) is 1.39. The van der Waals surface area contributed by atoms with Gasteiger partial charge in [-0.25, -0.2) is 4.98 Å². The molecule has 1 atom stereocenters. The number of carbonyl (C=O) groups excluding carboxylic acids is 1. The van der Waals surface area contributed by atoms with E-state index in [4.69, 9.17) is 16.3 Å². The number of rotatable bonds is 7. The zero-order valence-corrected chi connectivity index (χ0v) is 17.9. The molecule has 1 saturated heterocycles. The van der Waals surface area contributed by atoms with Crippen molar-refractivity contribution in [3.8, 4) is 0 Å². The molecule has 1 fully saturated rings. The molecule has 8 heteroatoms. The number of fused-ring (bicyclic) bond motifs is 1. The van der Waals surface area contributed by atoms with Crippen molar-refractivity contribution in [2.24, 2.45) is 0 Å². The minimum Gasteiger partial charge on any atom is -0.376 e.